The van der Waals surface area contributed by atoms with Crippen LogP contribution in [0.25, 0.3) is 0 Å². The first-order chi connectivity index (χ1) is 9.11. The lowest BCUT2D eigenvalue weighted by molar-refractivity contribution is -0.132. The predicted octanol–water partition coefficient (Wildman–Crippen LogP) is 2.14. The second-order valence-corrected chi connectivity index (χ2v) is 5.15. The van der Waals surface area contributed by atoms with Crippen molar-refractivity contribution in [3.05, 3.63) is 29.3 Å². The molecule has 0 aliphatic carbocycles. The van der Waals surface area contributed by atoms with Crippen molar-refractivity contribution in [2.24, 2.45) is 0 Å². The van der Waals surface area contributed by atoms with E-state index in [9.17, 15) is 4.79 Å². The Kier molecular flexibility index (Phi) is 6.30. The molecule has 112 valence electrons. The first-order valence-electron chi connectivity index (χ1n) is 6.73. The SMILES string of the molecule is COc1ccc(CN(C)C(=O)C2CCCN2)cc1C.Cl. The minimum atomic E-state index is 0. The number of methoxy groups -OCH3 is 1. The van der Waals surface area contributed by atoms with Gasteiger partial charge in [0.15, 0.2) is 0 Å². The lowest BCUT2D eigenvalue weighted by Crippen LogP contribution is -2.41. The summed E-state index contributed by atoms with van der Waals surface area (Å²) in [5.74, 6) is 1.07. The average molecular weight is 299 g/mol. The van der Waals surface area contributed by atoms with Gasteiger partial charge in [-0.1, -0.05) is 12.1 Å². The predicted molar refractivity (Wildman–Crippen MR) is 82.5 cm³/mol. The highest BCUT2D eigenvalue weighted by molar-refractivity contribution is 5.85. The number of rotatable bonds is 4. The normalized spacial score (nSPS) is 17.4. The maximum absolute atomic E-state index is 12.2. The molecule has 1 amide bonds. The van der Waals surface area contributed by atoms with Crippen LogP contribution in [0.3, 0.4) is 0 Å². The molecule has 2 rings (SSSR count). The molecule has 1 heterocycles. The van der Waals surface area contributed by atoms with Gasteiger partial charge in [0.05, 0.1) is 13.2 Å². The molecule has 1 atom stereocenters. The minimum absolute atomic E-state index is 0. The van der Waals surface area contributed by atoms with Crippen molar-refractivity contribution in [3.8, 4) is 5.75 Å². The van der Waals surface area contributed by atoms with Crippen LogP contribution in [0.2, 0.25) is 0 Å². The maximum Gasteiger partial charge on any atom is 0.239 e. The summed E-state index contributed by atoms with van der Waals surface area (Å²) in [6.07, 6.45) is 2.04. The van der Waals surface area contributed by atoms with Crippen molar-refractivity contribution in [1.82, 2.24) is 10.2 Å². The molecule has 1 saturated heterocycles. The number of nitrogens with zero attached hydrogens (tertiary/aromatic N) is 1. The summed E-state index contributed by atoms with van der Waals surface area (Å²) in [6, 6.07) is 6.04. The minimum Gasteiger partial charge on any atom is -0.496 e. The average Bonchev–Trinajstić information content (AvgIpc) is 2.92. The number of likely N-dealkylation sites (N-methyl/N-ethyl adjacent to an activating group) is 1. The largest absolute Gasteiger partial charge is 0.496 e. The molecule has 4 nitrogen and oxygen atoms in total. The quantitative estimate of drug-likeness (QED) is 0.926. The van der Waals surface area contributed by atoms with Gasteiger partial charge >= 0.3 is 0 Å². The number of aryl methyl sites for hydroxylation is 1. The van der Waals surface area contributed by atoms with Gasteiger partial charge in [0.1, 0.15) is 5.75 Å². The van der Waals surface area contributed by atoms with E-state index in [-0.39, 0.29) is 24.4 Å². The highest BCUT2D eigenvalue weighted by Gasteiger charge is 2.24. The van der Waals surface area contributed by atoms with Crippen LogP contribution in [0.4, 0.5) is 0 Å². The van der Waals surface area contributed by atoms with E-state index in [1.54, 1.807) is 12.0 Å². The van der Waals surface area contributed by atoms with Crippen molar-refractivity contribution in [2.75, 3.05) is 20.7 Å². The number of hydrogen-bond acceptors (Lipinski definition) is 3. The number of carbonyl (C=O) groups is 1. The standard InChI is InChI=1S/C15H22N2O2.ClH/c1-11-9-12(6-7-14(11)19-3)10-17(2)15(18)13-5-4-8-16-13;/h6-7,9,13,16H,4-5,8,10H2,1-3H3;1H. The number of amides is 1. The molecular weight excluding hydrogens is 276 g/mol. The third kappa shape index (κ3) is 3.87. The van der Waals surface area contributed by atoms with Gasteiger partial charge in [-0.2, -0.15) is 0 Å². The van der Waals surface area contributed by atoms with Crippen LogP contribution in [-0.4, -0.2) is 37.6 Å². The van der Waals surface area contributed by atoms with Crippen molar-refractivity contribution in [2.45, 2.75) is 32.4 Å². The van der Waals surface area contributed by atoms with Crippen LogP contribution in [0.1, 0.15) is 24.0 Å². The Bertz CT molecular complexity index is 459. The van der Waals surface area contributed by atoms with E-state index in [2.05, 4.69) is 11.4 Å². The van der Waals surface area contributed by atoms with Gasteiger partial charge in [-0.3, -0.25) is 4.79 Å². The van der Waals surface area contributed by atoms with Gasteiger partial charge in [-0.25, -0.2) is 0 Å². The van der Waals surface area contributed by atoms with E-state index in [1.807, 2.05) is 26.1 Å². The Balaban J connectivity index is 0.00000200. The first kappa shape index (κ1) is 16.8. The second kappa shape index (κ2) is 7.50. The molecule has 0 bridgehead atoms. The highest BCUT2D eigenvalue weighted by atomic mass is 35.5. The van der Waals surface area contributed by atoms with Crippen LogP contribution >= 0.6 is 12.4 Å². The molecule has 5 heteroatoms. The smallest absolute Gasteiger partial charge is 0.239 e. The molecule has 0 spiro atoms. The summed E-state index contributed by atoms with van der Waals surface area (Å²) < 4.78 is 5.24. The Morgan fingerprint density at radius 3 is 2.80 bits per heavy atom. The van der Waals surface area contributed by atoms with Gasteiger partial charge in [-0.05, 0) is 43.5 Å². The van der Waals surface area contributed by atoms with E-state index >= 15 is 0 Å². The molecular formula is C15H23ClN2O2. The fraction of sp³-hybridized carbons (Fsp3) is 0.533. The summed E-state index contributed by atoms with van der Waals surface area (Å²) in [7, 11) is 3.53. The zero-order valence-corrected chi connectivity index (χ0v) is 13.1. The van der Waals surface area contributed by atoms with Gasteiger partial charge < -0.3 is 15.0 Å². The van der Waals surface area contributed by atoms with Crippen LogP contribution in [-0.2, 0) is 11.3 Å². The summed E-state index contributed by atoms with van der Waals surface area (Å²) in [6.45, 7) is 3.61. The Hall–Kier alpha value is -1.26. The number of ether oxygens (including phenoxy) is 1. The molecule has 1 aliphatic heterocycles. The van der Waals surface area contributed by atoms with Crippen molar-refractivity contribution in [1.29, 1.82) is 0 Å². The van der Waals surface area contributed by atoms with Crippen molar-refractivity contribution in [3.63, 3.8) is 0 Å². The molecule has 1 fully saturated rings. The fourth-order valence-corrected chi connectivity index (χ4v) is 2.55. The summed E-state index contributed by atoms with van der Waals surface area (Å²) >= 11 is 0. The molecule has 1 aromatic rings. The topological polar surface area (TPSA) is 41.6 Å². The number of hydrogen-bond donors (Lipinski definition) is 1. The molecule has 1 unspecified atom stereocenters. The lowest BCUT2D eigenvalue weighted by Gasteiger charge is -2.21. The Labute approximate surface area is 126 Å². The summed E-state index contributed by atoms with van der Waals surface area (Å²) in [4.78, 5) is 14.0. The molecule has 1 aliphatic rings. The molecule has 20 heavy (non-hydrogen) atoms. The monoisotopic (exact) mass is 298 g/mol. The van der Waals surface area contributed by atoms with Crippen LogP contribution in [0.5, 0.6) is 5.75 Å². The number of benzene rings is 1. The Morgan fingerprint density at radius 1 is 1.50 bits per heavy atom. The van der Waals surface area contributed by atoms with E-state index in [4.69, 9.17) is 4.74 Å². The van der Waals surface area contributed by atoms with E-state index in [0.29, 0.717) is 6.54 Å². The molecule has 0 saturated carbocycles. The molecule has 1 N–H and O–H groups in total. The lowest BCUT2D eigenvalue weighted by atomic mass is 10.1. The fourth-order valence-electron chi connectivity index (χ4n) is 2.55. The maximum atomic E-state index is 12.2. The van der Waals surface area contributed by atoms with E-state index in [0.717, 1.165) is 36.3 Å². The molecule has 0 aromatic heterocycles. The van der Waals surface area contributed by atoms with Gasteiger partial charge in [0.2, 0.25) is 5.91 Å². The van der Waals surface area contributed by atoms with Crippen LogP contribution < -0.4 is 10.1 Å². The van der Waals surface area contributed by atoms with Crippen LogP contribution in [0, 0.1) is 6.92 Å². The highest BCUT2D eigenvalue weighted by Crippen LogP contribution is 2.19. The first-order valence-corrected chi connectivity index (χ1v) is 6.73. The second-order valence-electron chi connectivity index (χ2n) is 5.15. The zero-order chi connectivity index (χ0) is 13.8. The van der Waals surface area contributed by atoms with Gasteiger partial charge in [0, 0.05) is 13.6 Å². The molecule has 1 aromatic carbocycles. The van der Waals surface area contributed by atoms with Gasteiger partial charge in [-0.15, -0.1) is 12.4 Å². The number of carbonyl (C=O) groups excluding carboxylic acids is 1. The van der Waals surface area contributed by atoms with Crippen molar-refractivity contribution < 1.29 is 9.53 Å². The molecule has 0 radical (unpaired) electrons. The van der Waals surface area contributed by atoms with Gasteiger partial charge in [0.25, 0.3) is 0 Å². The number of nitrogens with one attached hydrogen (secondary N) is 1. The summed E-state index contributed by atoms with van der Waals surface area (Å²) in [5.41, 5.74) is 2.23. The number of halogens is 1. The third-order valence-electron chi connectivity index (χ3n) is 3.61. The van der Waals surface area contributed by atoms with E-state index in [1.165, 1.54) is 0 Å². The Morgan fingerprint density at radius 2 is 2.25 bits per heavy atom. The van der Waals surface area contributed by atoms with Crippen LogP contribution in [0.15, 0.2) is 18.2 Å². The van der Waals surface area contributed by atoms with E-state index < -0.39 is 0 Å². The third-order valence-corrected chi connectivity index (χ3v) is 3.61. The van der Waals surface area contributed by atoms with Crippen molar-refractivity contribution >= 4 is 18.3 Å². The zero-order valence-electron chi connectivity index (χ0n) is 12.3. The summed E-state index contributed by atoms with van der Waals surface area (Å²) in [5, 5.41) is 3.24.